The Balaban J connectivity index is 1.77. The Bertz CT molecular complexity index is 1070. The molecule has 0 saturated heterocycles. The summed E-state index contributed by atoms with van der Waals surface area (Å²) in [4.78, 5) is 10.9. The molecule has 3 aromatic rings. The van der Waals surface area contributed by atoms with Crippen LogP contribution in [0.25, 0.3) is 10.2 Å². The molecule has 9 heteroatoms. The standard InChI is InChI=1S/C20H23N5O3S/c1-2-28-15-7-13(22)11(8-21)5-14(15)25-18-17-12-4-3-10(20(26)27)6-16(12)29-19(17)24-9-23-18/h5,7-10,20-21,26-27H,2-4,6,22H2,1H3,(H,23,24,25). The zero-order valence-electron chi connectivity index (χ0n) is 16.0. The summed E-state index contributed by atoms with van der Waals surface area (Å²) < 4.78 is 5.72. The summed E-state index contributed by atoms with van der Waals surface area (Å²) in [5, 5.41) is 31.0. The van der Waals surface area contributed by atoms with E-state index in [2.05, 4.69) is 15.3 Å². The fraction of sp³-hybridized carbons (Fsp3) is 0.350. The van der Waals surface area contributed by atoms with Gasteiger partial charge >= 0.3 is 0 Å². The van der Waals surface area contributed by atoms with Gasteiger partial charge in [0, 0.05) is 34.3 Å². The van der Waals surface area contributed by atoms with Gasteiger partial charge in [0.1, 0.15) is 22.7 Å². The number of aryl methyl sites for hydroxylation is 1. The molecule has 2 heterocycles. The maximum absolute atomic E-state index is 9.56. The number of fused-ring (bicyclic) bond motifs is 3. The number of ether oxygens (including phenoxy) is 1. The molecule has 1 atom stereocenters. The summed E-state index contributed by atoms with van der Waals surface area (Å²) in [5.41, 5.74) is 8.91. The lowest BCUT2D eigenvalue weighted by molar-refractivity contribution is -0.0865. The summed E-state index contributed by atoms with van der Waals surface area (Å²) in [6.45, 7) is 2.38. The third-order valence-electron chi connectivity index (χ3n) is 5.20. The van der Waals surface area contributed by atoms with Crippen LogP contribution in [0.2, 0.25) is 0 Å². The number of aliphatic hydroxyl groups excluding tert-OH is 1. The molecule has 2 aromatic heterocycles. The SMILES string of the molecule is CCOc1cc(N)c(C=N)cc1Nc1ncnc2sc3c(c12)CCC(C(O)O)C3. The van der Waals surface area contributed by atoms with Crippen LogP contribution < -0.4 is 15.8 Å². The zero-order valence-corrected chi connectivity index (χ0v) is 16.8. The van der Waals surface area contributed by atoms with Crippen LogP contribution in [0.5, 0.6) is 5.75 Å². The van der Waals surface area contributed by atoms with Crippen LogP contribution in [-0.4, -0.2) is 39.3 Å². The number of nitrogens with one attached hydrogen (secondary N) is 2. The molecule has 6 N–H and O–H groups in total. The summed E-state index contributed by atoms with van der Waals surface area (Å²) in [5.74, 6) is 1.10. The number of nitrogens with two attached hydrogens (primary N) is 1. The average molecular weight is 414 g/mol. The molecule has 0 amide bonds. The molecule has 1 aliphatic rings. The summed E-state index contributed by atoms with van der Waals surface area (Å²) >= 11 is 1.57. The molecule has 8 nitrogen and oxygen atoms in total. The number of nitrogens with zero attached hydrogens (tertiary/aromatic N) is 2. The third kappa shape index (κ3) is 3.64. The quantitative estimate of drug-likeness (QED) is 0.238. The van der Waals surface area contributed by atoms with Crippen LogP contribution >= 0.6 is 11.3 Å². The van der Waals surface area contributed by atoms with E-state index in [1.165, 1.54) is 12.5 Å². The van der Waals surface area contributed by atoms with Gasteiger partial charge in [0.25, 0.3) is 0 Å². The number of rotatable bonds is 6. The Morgan fingerprint density at radius 1 is 1.41 bits per heavy atom. The summed E-state index contributed by atoms with van der Waals surface area (Å²) in [6, 6.07) is 3.49. The van der Waals surface area contributed by atoms with Gasteiger partial charge < -0.3 is 31.4 Å². The van der Waals surface area contributed by atoms with Crippen LogP contribution in [0.1, 0.15) is 29.3 Å². The van der Waals surface area contributed by atoms with Gasteiger partial charge in [-0.05, 0) is 37.8 Å². The van der Waals surface area contributed by atoms with Crippen molar-refractivity contribution in [2.45, 2.75) is 32.5 Å². The number of hydrogen-bond donors (Lipinski definition) is 5. The van der Waals surface area contributed by atoms with Crippen molar-refractivity contribution in [3.8, 4) is 5.75 Å². The molecule has 0 fully saturated rings. The first-order chi connectivity index (χ1) is 14.0. The second kappa shape index (κ2) is 7.94. The first kappa shape index (κ1) is 19.6. The van der Waals surface area contributed by atoms with E-state index in [0.717, 1.165) is 27.1 Å². The van der Waals surface area contributed by atoms with E-state index in [1.807, 2.05) is 6.92 Å². The average Bonchev–Trinajstić information content (AvgIpc) is 3.08. The van der Waals surface area contributed by atoms with E-state index < -0.39 is 6.29 Å². The number of benzene rings is 1. The van der Waals surface area contributed by atoms with Crippen LogP contribution in [0.3, 0.4) is 0 Å². The highest BCUT2D eigenvalue weighted by Crippen LogP contribution is 2.42. The molecule has 1 aliphatic carbocycles. The van der Waals surface area contributed by atoms with Crippen molar-refractivity contribution in [1.82, 2.24) is 9.97 Å². The fourth-order valence-electron chi connectivity index (χ4n) is 3.72. The number of thiophene rings is 1. The number of aromatic nitrogens is 2. The number of aliphatic hydroxyl groups is 2. The van der Waals surface area contributed by atoms with E-state index in [-0.39, 0.29) is 5.92 Å². The fourth-order valence-corrected chi connectivity index (χ4v) is 5.00. The highest BCUT2D eigenvalue weighted by Gasteiger charge is 2.28. The van der Waals surface area contributed by atoms with Gasteiger partial charge in [-0.3, -0.25) is 0 Å². The molecule has 0 radical (unpaired) electrons. The Kier molecular flexibility index (Phi) is 5.35. The minimum Gasteiger partial charge on any atom is -0.492 e. The van der Waals surface area contributed by atoms with E-state index in [0.29, 0.717) is 48.0 Å². The van der Waals surface area contributed by atoms with Crippen LogP contribution in [0, 0.1) is 11.3 Å². The molecule has 4 rings (SSSR count). The van der Waals surface area contributed by atoms with Crippen molar-refractivity contribution in [1.29, 1.82) is 5.41 Å². The third-order valence-corrected chi connectivity index (χ3v) is 6.36. The normalized spacial score (nSPS) is 16.1. The second-order valence-electron chi connectivity index (χ2n) is 7.00. The summed E-state index contributed by atoms with van der Waals surface area (Å²) in [7, 11) is 0. The molecular formula is C20H23N5O3S. The largest absolute Gasteiger partial charge is 0.492 e. The van der Waals surface area contributed by atoms with Crippen molar-refractivity contribution in [3.63, 3.8) is 0 Å². The van der Waals surface area contributed by atoms with Gasteiger partial charge in [-0.1, -0.05) is 0 Å². The topological polar surface area (TPSA) is 137 Å². The predicted octanol–water partition coefficient (Wildman–Crippen LogP) is 2.83. The lowest BCUT2D eigenvalue weighted by Crippen LogP contribution is -2.25. The molecule has 1 aromatic carbocycles. The second-order valence-corrected chi connectivity index (χ2v) is 8.09. The van der Waals surface area contributed by atoms with Crippen molar-refractivity contribution < 1.29 is 14.9 Å². The highest BCUT2D eigenvalue weighted by molar-refractivity contribution is 7.19. The van der Waals surface area contributed by atoms with E-state index >= 15 is 0 Å². The zero-order chi connectivity index (χ0) is 20.5. The summed E-state index contributed by atoms with van der Waals surface area (Å²) in [6.07, 6.45) is 3.48. The maximum atomic E-state index is 9.56. The Morgan fingerprint density at radius 2 is 2.24 bits per heavy atom. The van der Waals surface area contributed by atoms with Crippen molar-refractivity contribution in [3.05, 3.63) is 34.5 Å². The lowest BCUT2D eigenvalue weighted by Gasteiger charge is -2.23. The smallest absolute Gasteiger partial charge is 0.154 e. The molecule has 152 valence electrons. The van der Waals surface area contributed by atoms with Crippen molar-refractivity contribution in [2.24, 2.45) is 5.92 Å². The molecule has 0 aliphatic heterocycles. The first-order valence-electron chi connectivity index (χ1n) is 9.47. The van der Waals surface area contributed by atoms with Crippen LogP contribution in [-0.2, 0) is 12.8 Å². The monoisotopic (exact) mass is 413 g/mol. The van der Waals surface area contributed by atoms with Crippen LogP contribution in [0.4, 0.5) is 17.2 Å². The Labute approximate surface area is 171 Å². The minimum absolute atomic E-state index is 0.156. The van der Waals surface area contributed by atoms with Gasteiger partial charge in [0.2, 0.25) is 0 Å². The Morgan fingerprint density at radius 3 is 2.97 bits per heavy atom. The molecule has 1 unspecified atom stereocenters. The number of nitrogen functional groups attached to an aromatic ring is 1. The van der Waals surface area contributed by atoms with E-state index in [9.17, 15) is 10.2 Å². The van der Waals surface area contributed by atoms with Gasteiger partial charge in [-0.15, -0.1) is 11.3 Å². The van der Waals surface area contributed by atoms with Gasteiger partial charge in [-0.25, -0.2) is 9.97 Å². The van der Waals surface area contributed by atoms with Crippen molar-refractivity contribution in [2.75, 3.05) is 17.7 Å². The lowest BCUT2D eigenvalue weighted by atomic mass is 9.87. The van der Waals surface area contributed by atoms with E-state index in [1.54, 1.807) is 23.5 Å². The minimum atomic E-state index is -1.31. The maximum Gasteiger partial charge on any atom is 0.154 e. The predicted molar refractivity (Wildman–Crippen MR) is 114 cm³/mol. The molecule has 0 spiro atoms. The first-order valence-corrected chi connectivity index (χ1v) is 10.3. The Hall–Kier alpha value is -2.75. The molecule has 0 saturated carbocycles. The number of hydrogen-bond acceptors (Lipinski definition) is 9. The van der Waals surface area contributed by atoms with Gasteiger partial charge in [0.15, 0.2) is 6.29 Å². The van der Waals surface area contributed by atoms with Gasteiger partial charge in [-0.2, -0.15) is 0 Å². The van der Waals surface area contributed by atoms with Gasteiger partial charge in [0.05, 0.1) is 17.7 Å². The molecule has 0 bridgehead atoms. The van der Waals surface area contributed by atoms with E-state index in [4.69, 9.17) is 15.9 Å². The molecular weight excluding hydrogens is 390 g/mol. The van der Waals surface area contributed by atoms with Crippen LogP contribution in [0.15, 0.2) is 18.5 Å². The van der Waals surface area contributed by atoms with Crippen molar-refractivity contribution >= 4 is 45.0 Å². The highest BCUT2D eigenvalue weighted by atomic mass is 32.1. The molecule has 29 heavy (non-hydrogen) atoms. The number of anilines is 3.